The van der Waals surface area contributed by atoms with Gasteiger partial charge in [0.2, 0.25) is 0 Å². The van der Waals surface area contributed by atoms with Crippen LogP contribution in [0.4, 0.5) is 0 Å². The number of benzene rings is 1. The van der Waals surface area contributed by atoms with Crippen molar-refractivity contribution in [2.24, 2.45) is 0 Å². The van der Waals surface area contributed by atoms with Gasteiger partial charge in [-0.25, -0.2) is 0 Å². The molecule has 0 bridgehead atoms. The third kappa shape index (κ3) is 8.05. The lowest BCUT2D eigenvalue weighted by molar-refractivity contribution is -0.0296. The summed E-state index contributed by atoms with van der Waals surface area (Å²) in [7, 11) is 0. The predicted octanol–water partition coefficient (Wildman–Crippen LogP) is 5.92. The Morgan fingerprint density at radius 1 is 1.04 bits per heavy atom. The van der Waals surface area contributed by atoms with Crippen molar-refractivity contribution in [1.82, 2.24) is 5.32 Å². The molecule has 0 radical (unpaired) electrons. The average molecular weight is 390 g/mol. The van der Waals surface area contributed by atoms with Gasteiger partial charge in [-0.2, -0.15) is 0 Å². The number of rotatable bonds is 12. The number of amides is 1. The Morgan fingerprint density at radius 3 is 2.14 bits per heavy atom. The molecule has 0 atom stereocenters. The molecule has 28 heavy (non-hydrogen) atoms. The third-order valence-electron chi connectivity index (χ3n) is 5.52. The molecule has 0 saturated heterocycles. The van der Waals surface area contributed by atoms with Crippen LogP contribution in [-0.4, -0.2) is 30.3 Å². The summed E-state index contributed by atoms with van der Waals surface area (Å²) in [6.45, 7) is 15.8. The van der Waals surface area contributed by atoms with Crippen molar-refractivity contribution in [3.63, 3.8) is 0 Å². The number of nitrogens with one attached hydrogen (secondary N) is 1. The van der Waals surface area contributed by atoms with Crippen LogP contribution < -0.4 is 10.1 Å². The van der Waals surface area contributed by atoms with Gasteiger partial charge in [-0.1, -0.05) is 26.3 Å². The lowest BCUT2D eigenvalue weighted by atomic mass is 9.88. The highest BCUT2D eigenvalue weighted by Gasteiger charge is 2.29. The molecule has 0 aliphatic heterocycles. The van der Waals surface area contributed by atoms with Crippen LogP contribution in [0.2, 0.25) is 0 Å². The van der Waals surface area contributed by atoms with Crippen molar-refractivity contribution in [2.45, 2.75) is 85.3 Å². The standard InChI is InChI=1S/C24H39NO3/c1-8-23(6,7)28-18-16-24(9-2,10-3)25-22(26)20-11-13-21(14-12-20)27-17-15-19(4)5/h11-15H,8-10,16-18H2,1-7H3,(H,25,26). The molecule has 0 aliphatic carbocycles. The summed E-state index contributed by atoms with van der Waals surface area (Å²) in [6.07, 6.45) is 5.54. The van der Waals surface area contributed by atoms with Crippen LogP contribution >= 0.6 is 0 Å². The van der Waals surface area contributed by atoms with Gasteiger partial charge in [-0.15, -0.1) is 0 Å². The zero-order chi connectivity index (χ0) is 21.2. The number of allylic oxidation sites excluding steroid dienone is 1. The van der Waals surface area contributed by atoms with Gasteiger partial charge in [0.05, 0.1) is 5.60 Å². The van der Waals surface area contributed by atoms with E-state index in [0.717, 1.165) is 31.4 Å². The molecule has 1 rings (SSSR count). The largest absolute Gasteiger partial charge is 0.490 e. The Balaban J connectivity index is 2.71. The molecule has 1 aromatic rings. The van der Waals surface area contributed by atoms with E-state index in [0.29, 0.717) is 18.8 Å². The zero-order valence-corrected chi connectivity index (χ0v) is 18.9. The van der Waals surface area contributed by atoms with Gasteiger partial charge in [0.1, 0.15) is 12.4 Å². The fourth-order valence-electron chi connectivity index (χ4n) is 2.79. The number of carbonyl (C=O) groups is 1. The highest BCUT2D eigenvalue weighted by atomic mass is 16.5. The minimum absolute atomic E-state index is 0.0469. The van der Waals surface area contributed by atoms with Crippen molar-refractivity contribution < 1.29 is 14.3 Å². The smallest absolute Gasteiger partial charge is 0.251 e. The second-order valence-electron chi connectivity index (χ2n) is 8.27. The van der Waals surface area contributed by atoms with Crippen LogP contribution in [-0.2, 0) is 4.74 Å². The molecule has 158 valence electrons. The Bertz CT molecular complexity index is 624. The Morgan fingerprint density at radius 2 is 1.64 bits per heavy atom. The summed E-state index contributed by atoms with van der Waals surface area (Å²) in [5, 5.41) is 3.26. The molecule has 0 fully saturated rings. The predicted molar refractivity (Wildman–Crippen MR) is 117 cm³/mol. The Hall–Kier alpha value is -1.81. The maximum absolute atomic E-state index is 12.8. The normalized spacial score (nSPS) is 11.8. The zero-order valence-electron chi connectivity index (χ0n) is 18.9. The highest BCUT2D eigenvalue weighted by Crippen LogP contribution is 2.23. The van der Waals surface area contributed by atoms with Crippen LogP contribution in [0.15, 0.2) is 35.9 Å². The molecule has 1 amide bonds. The Kier molecular flexibility index (Phi) is 9.74. The van der Waals surface area contributed by atoms with Crippen molar-refractivity contribution in [1.29, 1.82) is 0 Å². The summed E-state index contributed by atoms with van der Waals surface area (Å²) < 4.78 is 11.7. The number of carbonyl (C=O) groups excluding carboxylic acids is 1. The molecule has 0 aliphatic rings. The maximum atomic E-state index is 12.8. The van der Waals surface area contributed by atoms with Gasteiger partial charge in [-0.3, -0.25) is 4.79 Å². The van der Waals surface area contributed by atoms with Gasteiger partial charge >= 0.3 is 0 Å². The van der Waals surface area contributed by atoms with Gasteiger partial charge < -0.3 is 14.8 Å². The van der Waals surface area contributed by atoms with E-state index in [9.17, 15) is 4.79 Å². The van der Waals surface area contributed by atoms with Gasteiger partial charge in [0, 0.05) is 17.7 Å². The number of hydrogen-bond acceptors (Lipinski definition) is 3. The fraction of sp³-hybridized carbons (Fsp3) is 0.625. The van der Waals surface area contributed by atoms with Crippen molar-refractivity contribution in [3.8, 4) is 5.75 Å². The van der Waals surface area contributed by atoms with Gasteiger partial charge in [0.15, 0.2) is 0 Å². The van der Waals surface area contributed by atoms with E-state index in [1.807, 2.05) is 44.2 Å². The summed E-state index contributed by atoms with van der Waals surface area (Å²) in [4.78, 5) is 12.8. The van der Waals surface area contributed by atoms with Crippen molar-refractivity contribution in [3.05, 3.63) is 41.5 Å². The maximum Gasteiger partial charge on any atom is 0.251 e. The molecule has 0 unspecified atom stereocenters. The second kappa shape index (κ2) is 11.3. The lowest BCUT2D eigenvalue weighted by Gasteiger charge is -2.34. The first-order valence-corrected chi connectivity index (χ1v) is 10.5. The Labute approximate surface area is 171 Å². The molecule has 1 N–H and O–H groups in total. The molecule has 0 spiro atoms. The van der Waals surface area contributed by atoms with E-state index < -0.39 is 0 Å². The molecule has 1 aromatic carbocycles. The first kappa shape index (κ1) is 24.2. The minimum Gasteiger partial charge on any atom is -0.490 e. The lowest BCUT2D eigenvalue weighted by Crippen LogP contribution is -2.48. The SMILES string of the molecule is CCC(CC)(CCOC(C)(C)CC)NC(=O)c1ccc(OCC=C(C)C)cc1. The van der Waals surface area contributed by atoms with E-state index in [4.69, 9.17) is 9.47 Å². The topological polar surface area (TPSA) is 47.6 Å². The van der Waals surface area contributed by atoms with Gasteiger partial charge in [-0.05, 0) is 83.7 Å². The summed E-state index contributed by atoms with van der Waals surface area (Å²) in [5.41, 5.74) is 1.49. The molecule has 0 heterocycles. The number of ether oxygens (including phenoxy) is 2. The first-order valence-electron chi connectivity index (χ1n) is 10.5. The van der Waals surface area contributed by atoms with Crippen LogP contribution in [0.1, 0.15) is 84.5 Å². The molecule has 4 nitrogen and oxygen atoms in total. The molecular formula is C24H39NO3. The van der Waals surface area contributed by atoms with Crippen molar-refractivity contribution in [2.75, 3.05) is 13.2 Å². The second-order valence-corrected chi connectivity index (χ2v) is 8.27. The van der Waals surface area contributed by atoms with E-state index in [2.05, 4.69) is 39.9 Å². The first-order chi connectivity index (χ1) is 13.2. The van der Waals surface area contributed by atoms with Crippen LogP contribution in [0.25, 0.3) is 0 Å². The van der Waals surface area contributed by atoms with E-state index in [1.54, 1.807) is 0 Å². The summed E-state index contributed by atoms with van der Waals surface area (Å²) in [5.74, 6) is 0.718. The van der Waals surface area contributed by atoms with Crippen LogP contribution in [0.5, 0.6) is 5.75 Å². The van der Waals surface area contributed by atoms with E-state index in [-0.39, 0.29) is 17.0 Å². The van der Waals surface area contributed by atoms with Crippen molar-refractivity contribution >= 4 is 5.91 Å². The van der Waals surface area contributed by atoms with Crippen LogP contribution in [0.3, 0.4) is 0 Å². The molecular weight excluding hydrogens is 350 g/mol. The fourth-order valence-corrected chi connectivity index (χ4v) is 2.79. The molecule has 0 aromatic heterocycles. The minimum atomic E-state index is -0.250. The third-order valence-corrected chi connectivity index (χ3v) is 5.52. The highest BCUT2D eigenvalue weighted by molar-refractivity contribution is 5.94. The average Bonchev–Trinajstić information content (AvgIpc) is 2.67. The van der Waals surface area contributed by atoms with Crippen LogP contribution in [0, 0.1) is 0 Å². The quantitative estimate of drug-likeness (QED) is 0.452. The van der Waals surface area contributed by atoms with Gasteiger partial charge in [0.25, 0.3) is 5.91 Å². The van der Waals surface area contributed by atoms with E-state index in [1.165, 1.54) is 5.57 Å². The monoisotopic (exact) mass is 389 g/mol. The number of hydrogen-bond donors (Lipinski definition) is 1. The summed E-state index contributed by atoms with van der Waals surface area (Å²) >= 11 is 0. The summed E-state index contributed by atoms with van der Waals surface area (Å²) in [6, 6.07) is 7.33. The molecule has 4 heteroatoms. The molecule has 0 saturated carbocycles. The van der Waals surface area contributed by atoms with E-state index >= 15 is 0 Å².